The maximum absolute atomic E-state index is 12.9. The minimum atomic E-state index is -0.579. The van der Waals surface area contributed by atoms with Crippen LogP contribution in [0.2, 0.25) is 5.02 Å². The Morgan fingerprint density at radius 3 is 2.39 bits per heavy atom. The Labute approximate surface area is 139 Å². The molecule has 5 heteroatoms. The van der Waals surface area contributed by atoms with Gasteiger partial charge in [-0.2, -0.15) is 0 Å². The van der Waals surface area contributed by atoms with E-state index in [0.717, 1.165) is 0 Å². The summed E-state index contributed by atoms with van der Waals surface area (Å²) in [5.74, 6) is -0.138. The van der Waals surface area contributed by atoms with Crippen molar-refractivity contribution in [3.8, 4) is 0 Å². The average molecular weight is 327 g/mol. The van der Waals surface area contributed by atoms with E-state index in [0.29, 0.717) is 27.4 Å². The number of urea groups is 1. The lowest BCUT2D eigenvalue weighted by molar-refractivity contribution is 0.102. The molecule has 2 N–H and O–H groups in total. The predicted molar refractivity (Wildman–Crippen MR) is 89.3 cm³/mol. The van der Waals surface area contributed by atoms with Gasteiger partial charge in [-0.05, 0) is 18.6 Å². The van der Waals surface area contributed by atoms with Gasteiger partial charge in [0.05, 0.1) is 6.04 Å². The molecule has 1 atom stereocenters. The smallest absolute Gasteiger partial charge is 0.319 e. The zero-order valence-electron chi connectivity index (χ0n) is 12.5. The number of allylic oxidation sites excluding steroid dienone is 1. The number of rotatable bonds is 3. The quantitative estimate of drug-likeness (QED) is 0.842. The van der Waals surface area contributed by atoms with Gasteiger partial charge in [0.2, 0.25) is 0 Å². The summed E-state index contributed by atoms with van der Waals surface area (Å²) >= 11 is 6.26. The first-order valence-electron chi connectivity index (χ1n) is 7.20. The topological polar surface area (TPSA) is 58.2 Å². The number of halogens is 1. The number of hydrogen-bond donors (Lipinski definition) is 2. The summed E-state index contributed by atoms with van der Waals surface area (Å²) in [5, 5.41) is 5.96. The van der Waals surface area contributed by atoms with E-state index in [-0.39, 0.29) is 11.8 Å². The Kier molecular flexibility index (Phi) is 4.17. The molecule has 0 spiro atoms. The fraction of sp³-hybridized carbons (Fsp3) is 0.111. The summed E-state index contributed by atoms with van der Waals surface area (Å²) in [6, 6.07) is 15.2. The van der Waals surface area contributed by atoms with Crippen LogP contribution in [0.1, 0.15) is 28.9 Å². The first-order chi connectivity index (χ1) is 11.1. The van der Waals surface area contributed by atoms with Crippen molar-refractivity contribution in [2.75, 3.05) is 0 Å². The molecule has 2 aromatic carbocycles. The molecule has 2 amide bonds. The molecular weight excluding hydrogens is 312 g/mol. The van der Waals surface area contributed by atoms with Gasteiger partial charge in [0.25, 0.3) is 0 Å². The molecule has 1 aliphatic rings. The van der Waals surface area contributed by atoms with Crippen molar-refractivity contribution >= 4 is 23.4 Å². The van der Waals surface area contributed by atoms with Crippen LogP contribution >= 0.6 is 11.6 Å². The lowest BCUT2D eigenvalue weighted by atomic mass is 9.89. The van der Waals surface area contributed by atoms with E-state index in [2.05, 4.69) is 10.6 Å². The Balaban J connectivity index is 2.10. The van der Waals surface area contributed by atoms with Gasteiger partial charge in [-0.3, -0.25) is 4.79 Å². The number of amides is 2. The van der Waals surface area contributed by atoms with Crippen molar-refractivity contribution in [2.45, 2.75) is 13.0 Å². The van der Waals surface area contributed by atoms with Crippen LogP contribution in [0.4, 0.5) is 4.79 Å². The van der Waals surface area contributed by atoms with Crippen molar-refractivity contribution < 1.29 is 9.59 Å². The lowest BCUT2D eigenvalue weighted by Gasteiger charge is -2.29. The largest absolute Gasteiger partial charge is 0.327 e. The third-order valence-corrected chi connectivity index (χ3v) is 4.11. The molecule has 1 aliphatic heterocycles. The molecule has 2 aromatic rings. The van der Waals surface area contributed by atoms with Crippen molar-refractivity contribution in [3.05, 3.63) is 82.0 Å². The van der Waals surface area contributed by atoms with Crippen molar-refractivity contribution in [1.29, 1.82) is 0 Å². The van der Waals surface area contributed by atoms with Crippen LogP contribution in [0.15, 0.2) is 65.9 Å². The molecule has 0 bridgehead atoms. The summed E-state index contributed by atoms with van der Waals surface area (Å²) in [4.78, 5) is 24.8. The van der Waals surface area contributed by atoms with Crippen molar-refractivity contribution in [1.82, 2.24) is 10.6 Å². The third-order valence-electron chi connectivity index (χ3n) is 3.77. The van der Waals surface area contributed by atoms with Gasteiger partial charge in [-0.15, -0.1) is 0 Å². The van der Waals surface area contributed by atoms with Crippen LogP contribution in [-0.4, -0.2) is 11.8 Å². The van der Waals surface area contributed by atoms with Crippen LogP contribution in [0.3, 0.4) is 0 Å². The van der Waals surface area contributed by atoms with Gasteiger partial charge >= 0.3 is 6.03 Å². The molecule has 1 heterocycles. The van der Waals surface area contributed by atoms with Crippen LogP contribution < -0.4 is 10.6 Å². The third kappa shape index (κ3) is 2.98. The number of hydrogen-bond acceptors (Lipinski definition) is 2. The molecule has 4 nitrogen and oxygen atoms in total. The molecule has 0 aromatic heterocycles. The van der Waals surface area contributed by atoms with Crippen LogP contribution in [0.25, 0.3) is 0 Å². The first-order valence-corrected chi connectivity index (χ1v) is 7.58. The first kappa shape index (κ1) is 15.3. The summed E-state index contributed by atoms with van der Waals surface area (Å²) in [7, 11) is 0. The van der Waals surface area contributed by atoms with Gasteiger partial charge in [0.1, 0.15) is 0 Å². The number of ketones is 1. The highest BCUT2D eigenvalue weighted by Crippen LogP contribution is 2.33. The zero-order valence-corrected chi connectivity index (χ0v) is 13.2. The van der Waals surface area contributed by atoms with Crippen molar-refractivity contribution in [3.63, 3.8) is 0 Å². The molecule has 0 radical (unpaired) electrons. The SMILES string of the molecule is CC1=C(C(=O)c2ccccc2)[C@@H](c2ccccc2Cl)NC(=O)N1. The number of Topliss-reactive ketones (excluding diaryl/α,β-unsaturated/α-hetero) is 1. The standard InChI is InChI=1S/C18H15ClN2O2/c1-11-15(17(22)12-7-3-2-4-8-12)16(21-18(23)20-11)13-9-5-6-10-14(13)19/h2-10,16H,1H3,(H2,20,21,23)/t16-/m1/s1. The minimum absolute atomic E-state index is 0.138. The van der Waals surface area contributed by atoms with Gasteiger partial charge in [0, 0.05) is 21.9 Å². The highest BCUT2D eigenvalue weighted by atomic mass is 35.5. The number of carbonyl (C=O) groups excluding carboxylic acids is 2. The van der Waals surface area contributed by atoms with E-state index in [1.54, 1.807) is 25.1 Å². The number of nitrogens with one attached hydrogen (secondary N) is 2. The van der Waals surface area contributed by atoms with Crippen LogP contribution in [-0.2, 0) is 0 Å². The fourth-order valence-electron chi connectivity index (χ4n) is 2.68. The number of carbonyl (C=O) groups is 2. The second kappa shape index (κ2) is 6.26. The Morgan fingerprint density at radius 2 is 1.70 bits per heavy atom. The van der Waals surface area contributed by atoms with Gasteiger partial charge in [-0.25, -0.2) is 4.79 Å². The Hall–Kier alpha value is -2.59. The molecular formula is C18H15ClN2O2. The summed E-state index contributed by atoms with van der Waals surface area (Å²) < 4.78 is 0. The van der Waals surface area contributed by atoms with Gasteiger partial charge < -0.3 is 10.6 Å². The predicted octanol–water partition coefficient (Wildman–Crippen LogP) is 3.85. The maximum Gasteiger partial charge on any atom is 0.319 e. The lowest BCUT2D eigenvalue weighted by Crippen LogP contribution is -2.45. The molecule has 0 saturated heterocycles. The highest BCUT2D eigenvalue weighted by molar-refractivity contribution is 6.31. The fourth-order valence-corrected chi connectivity index (χ4v) is 2.93. The molecule has 0 saturated carbocycles. The minimum Gasteiger partial charge on any atom is -0.327 e. The molecule has 0 unspecified atom stereocenters. The van der Waals surface area contributed by atoms with Gasteiger partial charge in [0.15, 0.2) is 5.78 Å². The molecule has 3 rings (SSSR count). The van der Waals surface area contributed by atoms with Crippen molar-refractivity contribution in [2.24, 2.45) is 0 Å². The van der Waals surface area contributed by atoms with E-state index < -0.39 is 6.04 Å². The second-order valence-electron chi connectivity index (χ2n) is 5.29. The van der Waals surface area contributed by atoms with E-state index in [1.165, 1.54) is 0 Å². The van der Waals surface area contributed by atoms with Gasteiger partial charge in [-0.1, -0.05) is 60.1 Å². The van der Waals surface area contributed by atoms with E-state index in [4.69, 9.17) is 11.6 Å². The second-order valence-corrected chi connectivity index (χ2v) is 5.69. The molecule has 0 fully saturated rings. The van der Waals surface area contributed by atoms with E-state index in [1.807, 2.05) is 36.4 Å². The monoisotopic (exact) mass is 326 g/mol. The summed E-state index contributed by atoms with van der Waals surface area (Å²) in [6.07, 6.45) is 0. The maximum atomic E-state index is 12.9. The number of benzene rings is 2. The van der Waals surface area contributed by atoms with Crippen LogP contribution in [0.5, 0.6) is 0 Å². The zero-order chi connectivity index (χ0) is 16.4. The molecule has 0 aliphatic carbocycles. The Bertz CT molecular complexity index is 800. The summed E-state index contributed by atoms with van der Waals surface area (Å²) in [6.45, 7) is 1.72. The Morgan fingerprint density at radius 1 is 1.04 bits per heavy atom. The molecule has 23 heavy (non-hydrogen) atoms. The van der Waals surface area contributed by atoms with E-state index in [9.17, 15) is 9.59 Å². The van der Waals surface area contributed by atoms with E-state index >= 15 is 0 Å². The summed E-state index contributed by atoms with van der Waals surface area (Å²) in [5.41, 5.74) is 2.29. The van der Waals surface area contributed by atoms with Crippen LogP contribution in [0, 0.1) is 0 Å². The average Bonchev–Trinajstić information content (AvgIpc) is 2.55. The highest BCUT2D eigenvalue weighted by Gasteiger charge is 2.32. The molecule has 116 valence electrons. The normalized spacial score (nSPS) is 17.5.